The summed E-state index contributed by atoms with van der Waals surface area (Å²) in [5.41, 5.74) is 1.01. The fourth-order valence-electron chi connectivity index (χ4n) is 2.29. The predicted octanol–water partition coefficient (Wildman–Crippen LogP) is 3.14. The number of ether oxygens (including phenoxy) is 1. The van der Waals surface area contributed by atoms with Crippen LogP contribution in [-0.4, -0.2) is 31.4 Å². The van der Waals surface area contributed by atoms with Crippen LogP contribution in [0.25, 0.3) is 0 Å². The first-order chi connectivity index (χ1) is 13.4. The monoisotopic (exact) mass is 510 g/mol. The molecule has 0 aliphatic rings. The van der Waals surface area contributed by atoms with Gasteiger partial charge in [0.25, 0.3) is 21.8 Å². The van der Waals surface area contributed by atoms with E-state index in [1.54, 1.807) is 12.1 Å². The lowest BCUT2D eigenvalue weighted by Gasteiger charge is -2.11. The maximum Gasteiger partial charge on any atom is 0.263 e. The highest BCUT2D eigenvalue weighted by Crippen LogP contribution is 2.22. The van der Waals surface area contributed by atoms with Gasteiger partial charge in [0.15, 0.2) is 0 Å². The molecule has 0 saturated heterocycles. The summed E-state index contributed by atoms with van der Waals surface area (Å²) in [6.45, 7) is 0. The summed E-state index contributed by atoms with van der Waals surface area (Å²) in [6, 6.07) is 13.0. The number of benzene rings is 2. The Balaban J connectivity index is 1.76. The van der Waals surface area contributed by atoms with E-state index in [2.05, 4.69) is 42.6 Å². The third kappa shape index (κ3) is 4.57. The fraction of sp³-hybridized carbons (Fsp3) is 0.0556. The molecule has 0 aliphatic carbocycles. The minimum Gasteiger partial charge on any atom is -0.478 e. The Bertz CT molecular complexity index is 1100. The smallest absolute Gasteiger partial charge is 0.263 e. The summed E-state index contributed by atoms with van der Waals surface area (Å²) in [5, 5.41) is 2.74. The van der Waals surface area contributed by atoms with Crippen LogP contribution in [0.1, 0.15) is 10.4 Å². The third-order valence-electron chi connectivity index (χ3n) is 3.63. The standard InChI is InChI=1S/C18H15IN4O4S/c1-27-18-16(20-10-11-21-18)23-28(25,26)13-8-6-12(7-9-13)22-17(24)14-4-2-3-5-15(14)19/h2-11H,1H3,(H,20,23)(H,22,24). The Labute approximate surface area is 175 Å². The topological polar surface area (TPSA) is 110 Å². The molecule has 8 nitrogen and oxygen atoms in total. The Morgan fingerprint density at radius 3 is 2.39 bits per heavy atom. The number of rotatable bonds is 6. The van der Waals surface area contributed by atoms with Crippen LogP contribution in [0.15, 0.2) is 65.8 Å². The van der Waals surface area contributed by atoms with Gasteiger partial charge in [0.05, 0.1) is 17.6 Å². The maximum absolute atomic E-state index is 12.5. The molecule has 3 aromatic rings. The van der Waals surface area contributed by atoms with Crippen LogP contribution >= 0.6 is 22.6 Å². The van der Waals surface area contributed by atoms with E-state index in [-0.39, 0.29) is 22.5 Å². The largest absolute Gasteiger partial charge is 0.478 e. The first-order valence-corrected chi connectivity index (χ1v) is 10.5. The van der Waals surface area contributed by atoms with Crippen LogP contribution in [0.4, 0.5) is 11.5 Å². The summed E-state index contributed by atoms with van der Waals surface area (Å²) in [4.78, 5) is 20.2. The summed E-state index contributed by atoms with van der Waals surface area (Å²) in [5.74, 6) is -0.225. The van der Waals surface area contributed by atoms with Crippen molar-refractivity contribution < 1.29 is 17.9 Å². The predicted molar refractivity (Wildman–Crippen MR) is 113 cm³/mol. The van der Waals surface area contributed by atoms with Crippen molar-refractivity contribution in [3.8, 4) is 5.88 Å². The van der Waals surface area contributed by atoms with E-state index < -0.39 is 10.0 Å². The van der Waals surface area contributed by atoms with Gasteiger partial charge >= 0.3 is 0 Å². The van der Waals surface area contributed by atoms with Gasteiger partial charge in [-0.15, -0.1) is 0 Å². The molecule has 2 aromatic carbocycles. The number of halogens is 1. The molecule has 1 amide bonds. The average Bonchev–Trinajstić information content (AvgIpc) is 2.69. The zero-order chi connectivity index (χ0) is 20.1. The van der Waals surface area contributed by atoms with Crippen molar-refractivity contribution in [3.63, 3.8) is 0 Å². The Morgan fingerprint density at radius 1 is 1.04 bits per heavy atom. The molecular weight excluding hydrogens is 495 g/mol. The molecule has 0 fully saturated rings. The van der Waals surface area contributed by atoms with Crippen LogP contribution in [-0.2, 0) is 10.0 Å². The molecular formula is C18H15IN4O4S. The number of methoxy groups -OCH3 is 1. The molecule has 1 aromatic heterocycles. The van der Waals surface area contributed by atoms with Crippen molar-refractivity contribution in [2.45, 2.75) is 4.90 Å². The third-order valence-corrected chi connectivity index (χ3v) is 5.93. The number of carbonyl (C=O) groups excluding carboxylic acids is 1. The molecule has 0 bridgehead atoms. The van der Waals surface area contributed by atoms with Gasteiger partial charge in [0.1, 0.15) is 0 Å². The highest BCUT2D eigenvalue weighted by molar-refractivity contribution is 14.1. The molecule has 28 heavy (non-hydrogen) atoms. The van der Waals surface area contributed by atoms with E-state index in [1.807, 2.05) is 12.1 Å². The van der Waals surface area contributed by atoms with Crippen molar-refractivity contribution in [2.24, 2.45) is 0 Å². The summed E-state index contributed by atoms with van der Waals surface area (Å²) in [7, 11) is -2.53. The van der Waals surface area contributed by atoms with Gasteiger partial charge in [-0.25, -0.2) is 18.4 Å². The van der Waals surface area contributed by atoms with E-state index in [9.17, 15) is 13.2 Å². The van der Waals surface area contributed by atoms with E-state index in [1.165, 1.54) is 43.8 Å². The molecule has 0 saturated carbocycles. The van der Waals surface area contributed by atoms with Crippen LogP contribution in [0, 0.1) is 3.57 Å². The molecule has 2 N–H and O–H groups in total. The van der Waals surface area contributed by atoms with Crippen LogP contribution < -0.4 is 14.8 Å². The van der Waals surface area contributed by atoms with Gasteiger partial charge in [0, 0.05) is 21.7 Å². The van der Waals surface area contributed by atoms with Crippen molar-refractivity contribution >= 4 is 50.0 Å². The van der Waals surface area contributed by atoms with E-state index in [0.717, 1.165) is 3.57 Å². The Hall–Kier alpha value is -2.73. The lowest BCUT2D eigenvalue weighted by Crippen LogP contribution is -2.16. The van der Waals surface area contributed by atoms with Crippen molar-refractivity contribution in [1.82, 2.24) is 9.97 Å². The number of hydrogen-bond donors (Lipinski definition) is 2. The minimum atomic E-state index is -3.90. The van der Waals surface area contributed by atoms with Gasteiger partial charge in [0.2, 0.25) is 5.82 Å². The number of hydrogen-bond acceptors (Lipinski definition) is 6. The van der Waals surface area contributed by atoms with Crippen molar-refractivity contribution in [2.75, 3.05) is 17.1 Å². The maximum atomic E-state index is 12.5. The number of nitrogens with one attached hydrogen (secondary N) is 2. The SMILES string of the molecule is COc1nccnc1NS(=O)(=O)c1ccc(NC(=O)c2ccccc2I)cc1. The van der Waals surface area contributed by atoms with Crippen LogP contribution in [0.3, 0.4) is 0 Å². The highest BCUT2D eigenvalue weighted by Gasteiger charge is 2.18. The van der Waals surface area contributed by atoms with Crippen LogP contribution in [0.5, 0.6) is 5.88 Å². The normalized spacial score (nSPS) is 10.9. The molecule has 10 heteroatoms. The van der Waals surface area contributed by atoms with Gasteiger partial charge in [-0.05, 0) is 59.0 Å². The second-order valence-corrected chi connectivity index (χ2v) is 8.32. The molecule has 1 heterocycles. The Morgan fingerprint density at radius 2 is 1.71 bits per heavy atom. The zero-order valence-electron chi connectivity index (χ0n) is 14.6. The van der Waals surface area contributed by atoms with E-state index in [0.29, 0.717) is 11.3 Å². The van der Waals surface area contributed by atoms with Crippen molar-refractivity contribution in [1.29, 1.82) is 0 Å². The molecule has 3 rings (SSSR count). The number of carbonyl (C=O) groups is 1. The number of anilines is 2. The molecule has 144 valence electrons. The average molecular weight is 510 g/mol. The minimum absolute atomic E-state index is 0.00694. The zero-order valence-corrected chi connectivity index (χ0v) is 17.6. The number of nitrogens with zero attached hydrogens (tertiary/aromatic N) is 2. The summed E-state index contributed by atoms with van der Waals surface area (Å²) in [6.07, 6.45) is 2.74. The quantitative estimate of drug-likeness (QED) is 0.494. The van der Waals surface area contributed by atoms with Crippen molar-refractivity contribution in [3.05, 3.63) is 70.1 Å². The first kappa shape index (κ1) is 20.0. The van der Waals surface area contributed by atoms with Gasteiger partial charge in [-0.3, -0.25) is 9.52 Å². The highest BCUT2D eigenvalue weighted by atomic mass is 127. The number of aromatic nitrogens is 2. The molecule has 0 spiro atoms. The lowest BCUT2D eigenvalue weighted by atomic mass is 10.2. The number of sulfonamides is 1. The second kappa shape index (κ2) is 8.52. The summed E-state index contributed by atoms with van der Waals surface area (Å²) >= 11 is 2.08. The second-order valence-electron chi connectivity index (χ2n) is 5.48. The van der Waals surface area contributed by atoms with Gasteiger partial charge < -0.3 is 10.1 Å². The molecule has 0 aliphatic heterocycles. The van der Waals surface area contributed by atoms with E-state index >= 15 is 0 Å². The lowest BCUT2D eigenvalue weighted by molar-refractivity contribution is 0.102. The van der Waals surface area contributed by atoms with Crippen LogP contribution in [0.2, 0.25) is 0 Å². The molecule has 0 radical (unpaired) electrons. The van der Waals surface area contributed by atoms with Gasteiger partial charge in [-0.2, -0.15) is 0 Å². The fourth-order valence-corrected chi connectivity index (χ4v) is 3.93. The first-order valence-electron chi connectivity index (χ1n) is 7.94. The Kier molecular flexibility index (Phi) is 6.09. The number of amides is 1. The van der Waals surface area contributed by atoms with E-state index in [4.69, 9.17) is 4.74 Å². The molecule has 0 atom stereocenters. The van der Waals surface area contributed by atoms with Gasteiger partial charge in [-0.1, -0.05) is 12.1 Å². The summed E-state index contributed by atoms with van der Waals surface area (Å²) < 4.78 is 33.2. The molecule has 0 unspecified atom stereocenters.